The van der Waals surface area contributed by atoms with Crippen LogP contribution in [-0.4, -0.2) is 31.1 Å². The van der Waals surface area contributed by atoms with E-state index in [4.69, 9.17) is 14.2 Å². The summed E-state index contributed by atoms with van der Waals surface area (Å²) in [5.41, 5.74) is 1.21. The average Bonchev–Trinajstić information content (AvgIpc) is 3.49. The van der Waals surface area contributed by atoms with Crippen molar-refractivity contribution in [2.75, 3.05) is 13.2 Å². The molecule has 1 aromatic rings. The number of benzene rings is 1. The minimum absolute atomic E-state index is 0.0419. The highest BCUT2D eigenvalue weighted by Gasteiger charge is 2.65. The van der Waals surface area contributed by atoms with Crippen molar-refractivity contribution in [2.45, 2.75) is 84.0 Å². The van der Waals surface area contributed by atoms with Crippen LogP contribution in [0.2, 0.25) is 0 Å². The van der Waals surface area contributed by atoms with Crippen molar-refractivity contribution in [2.24, 2.45) is 46.3 Å². The molecule has 4 saturated carbocycles. The maximum absolute atomic E-state index is 13.4. The van der Waals surface area contributed by atoms with Gasteiger partial charge >= 0.3 is 5.97 Å². The Labute approximate surface area is 217 Å². The molecule has 36 heavy (non-hydrogen) atoms. The lowest BCUT2D eigenvalue weighted by Gasteiger charge is -2.63. The monoisotopic (exact) mass is 492 g/mol. The lowest BCUT2D eigenvalue weighted by atomic mass is 9.43. The molecule has 4 unspecified atom stereocenters. The first-order chi connectivity index (χ1) is 17.3. The van der Waals surface area contributed by atoms with E-state index in [1.54, 1.807) is 0 Å². The molecule has 4 heteroatoms. The van der Waals surface area contributed by atoms with Crippen LogP contribution in [0.5, 0.6) is 0 Å². The van der Waals surface area contributed by atoms with E-state index in [0.717, 1.165) is 25.7 Å². The highest BCUT2D eigenvalue weighted by molar-refractivity contribution is 5.89. The van der Waals surface area contributed by atoms with Crippen LogP contribution in [0.15, 0.2) is 43.0 Å². The Hall–Kier alpha value is -1.65. The second-order valence-electron chi connectivity index (χ2n) is 13.2. The molecule has 1 aliphatic heterocycles. The number of allylic oxidation sites excluding steroid dienone is 1. The molecule has 0 amide bonds. The lowest BCUT2D eigenvalue weighted by Crippen LogP contribution is -2.60. The highest BCUT2D eigenvalue weighted by atomic mass is 16.7. The number of ether oxygens (including phenoxy) is 3. The minimum atomic E-state index is -0.411. The third-order valence-corrected chi connectivity index (χ3v) is 11.8. The summed E-state index contributed by atoms with van der Waals surface area (Å²) in [6, 6.07) is 9.56. The third-order valence-electron chi connectivity index (χ3n) is 11.8. The van der Waals surface area contributed by atoms with Gasteiger partial charge in [0.15, 0.2) is 5.79 Å². The van der Waals surface area contributed by atoms with Crippen molar-refractivity contribution in [3.63, 3.8) is 0 Å². The predicted octanol–water partition coefficient (Wildman–Crippen LogP) is 7.05. The summed E-state index contributed by atoms with van der Waals surface area (Å²) in [4.78, 5) is 13.4. The largest absolute Gasteiger partial charge is 0.458 e. The standard InChI is InChI=1S/C32H44O4/c1-5-21(2)24-11-12-25-28-26(13-14-31(24,25)4)30(3)15-16-32(34-17-18-35-32)20-23(30)19-27(28)36-29(33)22-9-7-6-8-10-22/h5-10,21,23-28H,1,11-20H2,2-4H3/t21?,23-,24+,25?,26?,27+,28?,30-,31+/m0/s1. The fourth-order valence-electron chi connectivity index (χ4n) is 9.87. The molecule has 0 radical (unpaired) electrons. The molecule has 4 aliphatic carbocycles. The first kappa shape index (κ1) is 24.7. The van der Waals surface area contributed by atoms with Gasteiger partial charge in [0.1, 0.15) is 6.10 Å². The van der Waals surface area contributed by atoms with E-state index in [2.05, 4.69) is 33.4 Å². The van der Waals surface area contributed by atoms with Crippen molar-refractivity contribution in [1.29, 1.82) is 0 Å². The van der Waals surface area contributed by atoms with E-state index < -0.39 is 5.79 Å². The maximum Gasteiger partial charge on any atom is 0.338 e. The highest BCUT2D eigenvalue weighted by Crippen LogP contribution is 2.69. The number of carbonyl (C=O) groups is 1. The average molecular weight is 493 g/mol. The molecular formula is C32H44O4. The second kappa shape index (κ2) is 8.98. The summed E-state index contributed by atoms with van der Waals surface area (Å²) in [5.74, 6) is 2.69. The number of hydrogen-bond donors (Lipinski definition) is 0. The molecule has 1 heterocycles. The maximum atomic E-state index is 13.4. The van der Waals surface area contributed by atoms with Gasteiger partial charge in [-0.2, -0.15) is 0 Å². The van der Waals surface area contributed by atoms with Gasteiger partial charge in [-0.05, 0) is 91.1 Å². The van der Waals surface area contributed by atoms with Crippen molar-refractivity contribution in [3.8, 4) is 0 Å². The summed E-state index contributed by atoms with van der Waals surface area (Å²) in [6.45, 7) is 13.0. The molecule has 5 aliphatic rings. The Balaban J connectivity index is 1.34. The summed E-state index contributed by atoms with van der Waals surface area (Å²) < 4.78 is 18.9. The van der Waals surface area contributed by atoms with E-state index in [9.17, 15) is 4.79 Å². The van der Waals surface area contributed by atoms with Gasteiger partial charge in [0.25, 0.3) is 0 Å². The van der Waals surface area contributed by atoms with Crippen LogP contribution in [0.25, 0.3) is 0 Å². The number of hydrogen-bond acceptors (Lipinski definition) is 4. The zero-order chi connectivity index (χ0) is 25.1. The smallest absolute Gasteiger partial charge is 0.338 e. The Morgan fingerprint density at radius 1 is 1.03 bits per heavy atom. The Bertz CT molecular complexity index is 983. The summed E-state index contributed by atoms with van der Waals surface area (Å²) in [7, 11) is 0. The van der Waals surface area contributed by atoms with Gasteiger partial charge in [-0.15, -0.1) is 6.58 Å². The van der Waals surface area contributed by atoms with Crippen LogP contribution >= 0.6 is 0 Å². The molecule has 0 bridgehead atoms. The van der Waals surface area contributed by atoms with Crippen molar-refractivity contribution in [1.82, 2.24) is 0 Å². The van der Waals surface area contributed by atoms with Gasteiger partial charge in [0.05, 0.1) is 18.8 Å². The van der Waals surface area contributed by atoms with Crippen molar-refractivity contribution in [3.05, 3.63) is 48.6 Å². The van der Waals surface area contributed by atoms with E-state index in [-0.39, 0.29) is 17.5 Å². The van der Waals surface area contributed by atoms with Crippen molar-refractivity contribution >= 4 is 5.97 Å². The molecule has 196 valence electrons. The third kappa shape index (κ3) is 3.73. The van der Waals surface area contributed by atoms with Gasteiger partial charge in [0.2, 0.25) is 0 Å². The Morgan fingerprint density at radius 2 is 1.75 bits per heavy atom. The first-order valence-corrected chi connectivity index (χ1v) is 14.5. The SMILES string of the molecule is C=CC(C)[C@H]1CCC2C3C(CC[C@@]21C)[C@@]1(C)CCC2(C[C@@H]1C[C@H]3OC(=O)c1ccccc1)OCCO2. The van der Waals surface area contributed by atoms with E-state index in [1.807, 2.05) is 30.3 Å². The van der Waals surface area contributed by atoms with Crippen LogP contribution in [0.3, 0.4) is 0 Å². The Morgan fingerprint density at radius 3 is 2.47 bits per heavy atom. The lowest BCUT2D eigenvalue weighted by molar-refractivity contribution is -0.242. The fourth-order valence-corrected chi connectivity index (χ4v) is 9.87. The molecular weight excluding hydrogens is 448 g/mol. The molecule has 1 saturated heterocycles. The van der Waals surface area contributed by atoms with E-state index in [1.165, 1.54) is 25.7 Å². The number of fused-ring (bicyclic) bond motifs is 5. The van der Waals surface area contributed by atoms with E-state index >= 15 is 0 Å². The van der Waals surface area contributed by atoms with Gasteiger partial charge in [-0.25, -0.2) is 4.79 Å². The zero-order valence-corrected chi connectivity index (χ0v) is 22.4. The number of rotatable bonds is 4. The van der Waals surface area contributed by atoms with Crippen LogP contribution in [0.1, 0.15) is 82.5 Å². The van der Waals surface area contributed by atoms with Gasteiger partial charge < -0.3 is 14.2 Å². The predicted molar refractivity (Wildman–Crippen MR) is 140 cm³/mol. The topological polar surface area (TPSA) is 44.8 Å². The fraction of sp³-hybridized carbons (Fsp3) is 0.719. The second-order valence-corrected chi connectivity index (χ2v) is 13.2. The van der Waals surface area contributed by atoms with Crippen LogP contribution in [0.4, 0.5) is 0 Å². The van der Waals surface area contributed by atoms with Crippen molar-refractivity contribution < 1.29 is 19.0 Å². The van der Waals surface area contributed by atoms with Gasteiger partial charge in [-0.1, -0.05) is 45.0 Å². The minimum Gasteiger partial charge on any atom is -0.458 e. The van der Waals surface area contributed by atoms with Gasteiger partial charge in [-0.3, -0.25) is 0 Å². The summed E-state index contributed by atoms with van der Waals surface area (Å²) >= 11 is 0. The quantitative estimate of drug-likeness (QED) is 0.334. The molecule has 0 aromatic heterocycles. The Kier molecular flexibility index (Phi) is 6.15. The number of esters is 1. The first-order valence-electron chi connectivity index (χ1n) is 14.5. The zero-order valence-electron chi connectivity index (χ0n) is 22.4. The molecule has 6 rings (SSSR count). The molecule has 0 N–H and O–H groups in total. The normalized spacial score (nSPS) is 43.8. The van der Waals surface area contributed by atoms with Crippen LogP contribution in [0, 0.1) is 46.3 Å². The summed E-state index contributed by atoms with van der Waals surface area (Å²) in [6.07, 6.45) is 11.2. The molecule has 4 nitrogen and oxygen atoms in total. The van der Waals surface area contributed by atoms with Crippen LogP contribution < -0.4 is 0 Å². The van der Waals surface area contributed by atoms with Crippen LogP contribution in [-0.2, 0) is 14.2 Å². The van der Waals surface area contributed by atoms with E-state index in [0.29, 0.717) is 59.7 Å². The van der Waals surface area contributed by atoms with Gasteiger partial charge in [0, 0.05) is 18.8 Å². The summed E-state index contributed by atoms with van der Waals surface area (Å²) in [5, 5.41) is 0. The molecule has 9 atom stereocenters. The molecule has 5 fully saturated rings. The molecule has 1 aromatic carbocycles. The number of carbonyl (C=O) groups excluding carboxylic acids is 1. The molecule has 1 spiro atoms.